The number of benzene rings is 2. The quantitative estimate of drug-likeness (QED) is 0.782. The zero-order valence-electron chi connectivity index (χ0n) is 8.72. The summed E-state index contributed by atoms with van der Waals surface area (Å²) in [5, 5.41) is 12.2. The maximum atomic E-state index is 9.97. The summed E-state index contributed by atoms with van der Waals surface area (Å²) < 4.78 is 0. The van der Waals surface area contributed by atoms with Crippen molar-refractivity contribution in [2.45, 2.75) is 19.1 Å². The Hall–Kier alpha value is -1.38. The summed E-state index contributed by atoms with van der Waals surface area (Å²) >= 11 is 0. The van der Waals surface area contributed by atoms with Crippen molar-refractivity contribution in [3.8, 4) is 0 Å². The van der Waals surface area contributed by atoms with Crippen molar-refractivity contribution < 1.29 is 5.11 Å². The van der Waals surface area contributed by atoms with Crippen LogP contribution in [0.3, 0.4) is 0 Å². The minimum atomic E-state index is -0.601. The minimum absolute atomic E-state index is 0.254. The summed E-state index contributed by atoms with van der Waals surface area (Å²) in [5.74, 6) is 0. The lowest BCUT2D eigenvalue weighted by atomic mass is 9.97. The third-order valence-corrected chi connectivity index (χ3v) is 2.64. The Morgan fingerprint density at radius 2 is 1.73 bits per heavy atom. The van der Waals surface area contributed by atoms with Gasteiger partial charge in [0.15, 0.2) is 0 Å². The largest absolute Gasteiger partial charge is 0.387 e. The second kappa shape index (κ2) is 4.01. The zero-order chi connectivity index (χ0) is 10.8. The maximum absolute atomic E-state index is 9.97. The first-order valence-corrected chi connectivity index (χ1v) is 5.11. The molecule has 0 aliphatic rings. The number of fused-ring (bicyclic) bond motifs is 1. The summed E-state index contributed by atoms with van der Waals surface area (Å²) in [4.78, 5) is 0. The molecule has 78 valence electrons. The van der Waals surface area contributed by atoms with E-state index in [0.29, 0.717) is 0 Å². The van der Waals surface area contributed by atoms with Crippen LogP contribution >= 0.6 is 0 Å². The SMILES string of the molecule is C[C@H](N)[C@H](O)c1cccc2ccccc12. The molecule has 15 heavy (non-hydrogen) atoms. The molecule has 0 heterocycles. The maximum Gasteiger partial charge on any atom is 0.0944 e. The van der Waals surface area contributed by atoms with Crippen molar-refractivity contribution >= 4 is 10.8 Å². The van der Waals surface area contributed by atoms with Crippen LogP contribution in [0.15, 0.2) is 42.5 Å². The van der Waals surface area contributed by atoms with Crippen molar-refractivity contribution in [1.82, 2.24) is 0 Å². The van der Waals surface area contributed by atoms with Crippen molar-refractivity contribution in [1.29, 1.82) is 0 Å². The molecule has 0 unspecified atom stereocenters. The van der Waals surface area contributed by atoms with E-state index in [1.54, 1.807) is 0 Å². The molecule has 2 rings (SSSR count). The van der Waals surface area contributed by atoms with Gasteiger partial charge in [0.25, 0.3) is 0 Å². The fourth-order valence-electron chi connectivity index (χ4n) is 1.79. The first kappa shape index (κ1) is 10.1. The summed E-state index contributed by atoms with van der Waals surface area (Å²) in [6, 6.07) is 13.7. The van der Waals surface area contributed by atoms with E-state index in [9.17, 15) is 5.11 Å². The second-order valence-electron chi connectivity index (χ2n) is 3.87. The van der Waals surface area contributed by atoms with E-state index >= 15 is 0 Å². The molecule has 2 heteroatoms. The van der Waals surface area contributed by atoms with E-state index in [-0.39, 0.29) is 6.04 Å². The van der Waals surface area contributed by atoms with Gasteiger partial charge in [-0.1, -0.05) is 42.5 Å². The van der Waals surface area contributed by atoms with Crippen LogP contribution in [0.1, 0.15) is 18.6 Å². The highest BCUT2D eigenvalue weighted by Gasteiger charge is 2.14. The molecule has 0 saturated heterocycles. The first-order valence-electron chi connectivity index (χ1n) is 5.11. The van der Waals surface area contributed by atoms with Crippen molar-refractivity contribution in [2.75, 3.05) is 0 Å². The fourth-order valence-corrected chi connectivity index (χ4v) is 1.79. The summed E-state index contributed by atoms with van der Waals surface area (Å²) in [6.07, 6.45) is -0.601. The van der Waals surface area contributed by atoms with Crippen LogP contribution in [-0.2, 0) is 0 Å². The molecule has 0 aromatic heterocycles. The molecule has 2 atom stereocenters. The smallest absolute Gasteiger partial charge is 0.0944 e. The van der Waals surface area contributed by atoms with E-state index in [4.69, 9.17) is 5.73 Å². The predicted octanol–water partition coefficient (Wildman–Crippen LogP) is 2.22. The molecular formula is C13H15NO. The number of hydrogen-bond donors (Lipinski definition) is 2. The molecule has 0 fully saturated rings. The van der Waals surface area contributed by atoms with Crippen LogP contribution in [0.5, 0.6) is 0 Å². The number of rotatable bonds is 2. The molecule has 0 amide bonds. The Kier molecular flexibility index (Phi) is 2.71. The third-order valence-electron chi connectivity index (χ3n) is 2.64. The first-order chi connectivity index (χ1) is 7.20. The van der Waals surface area contributed by atoms with Crippen molar-refractivity contribution in [3.63, 3.8) is 0 Å². The highest BCUT2D eigenvalue weighted by Crippen LogP contribution is 2.25. The number of aliphatic hydroxyl groups is 1. The molecule has 0 radical (unpaired) electrons. The Morgan fingerprint density at radius 3 is 2.47 bits per heavy atom. The molecular weight excluding hydrogens is 186 g/mol. The number of nitrogens with two attached hydrogens (primary N) is 1. The van der Waals surface area contributed by atoms with Crippen LogP contribution in [0.4, 0.5) is 0 Å². The summed E-state index contributed by atoms with van der Waals surface area (Å²) in [7, 11) is 0. The summed E-state index contributed by atoms with van der Waals surface area (Å²) in [5.41, 5.74) is 6.61. The van der Waals surface area contributed by atoms with Crippen molar-refractivity contribution in [3.05, 3.63) is 48.0 Å². The number of hydrogen-bond acceptors (Lipinski definition) is 2. The van der Waals surface area contributed by atoms with Crippen LogP contribution in [0, 0.1) is 0 Å². The lowest BCUT2D eigenvalue weighted by Gasteiger charge is -2.16. The molecule has 0 saturated carbocycles. The lowest BCUT2D eigenvalue weighted by molar-refractivity contribution is 0.155. The Bertz CT molecular complexity index is 460. The van der Waals surface area contributed by atoms with E-state index in [0.717, 1.165) is 16.3 Å². The van der Waals surface area contributed by atoms with E-state index in [1.807, 2.05) is 49.4 Å². The normalized spacial score (nSPS) is 15.1. The third kappa shape index (κ3) is 1.87. The molecule has 0 aliphatic carbocycles. The minimum Gasteiger partial charge on any atom is -0.387 e. The topological polar surface area (TPSA) is 46.2 Å². The average Bonchev–Trinajstić information content (AvgIpc) is 2.27. The van der Waals surface area contributed by atoms with Gasteiger partial charge in [0.2, 0.25) is 0 Å². The Balaban J connectivity index is 2.60. The van der Waals surface area contributed by atoms with Crippen LogP contribution in [0.25, 0.3) is 10.8 Å². The molecule has 3 N–H and O–H groups in total. The van der Waals surface area contributed by atoms with Gasteiger partial charge in [-0.05, 0) is 23.3 Å². The van der Waals surface area contributed by atoms with Gasteiger partial charge in [0, 0.05) is 6.04 Å². The Labute approximate surface area is 89.3 Å². The standard InChI is InChI=1S/C13H15NO/c1-9(14)13(15)12-8-4-6-10-5-2-3-7-11(10)12/h2-9,13,15H,14H2,1H3/t9-,13-/m0/s1. The van der Waals surface area contributed by atoms with Gasteiger partial charge in [-0.2, -0.15) is 0 Å². The Morgan fingerprint density at radius 1 is 1.07 bits per heavy atom. The van der Waals surface area contributed by atoms with Gasteiger partial charge in [0.1, 0.15) is 0 Å². The molecule has 2 aromatic rings. The van der Waals surface area contributed by atoms with Crippen LogP contribution in [0.2, 0.25) is 0 Å². The van der Waals surface area contributed by atoms with Crippen LogP contribution in [-0.4, -0.2) is 11.1 Å². The van der Waals surface area contributed by atoms with Gasteiger partial charge >= 0.3 is 0 Å². The van der Waals surface area contributed by atoms with Gasteiger partial charge in [-0.15, -0.1) is 0 Å². The fraction of sp³-hybridized carbons (Fsp3) is 0.231. The second-order valence-corrected chi connectivity index (χ2v) is 3.87. The highest BCUT2D eigenvalue weighted by molar-refractivity contribution is 5.86. The van der Waals surface area contributed by atoms with E-state index in [2.05, 4.69) is 0 Å². The predicted molar refractivity (Wildman–Crippen MR) is 62.6 cm³/mol. The van der Waals surface area contributed by atoms with Gasteiger partial charge in [-0.25, -0.2) is 0 Å². The average molecular weight is 201 g/mol. The summed E-state index contributed by atoms with van der Waals surface area (Å²) in [6.45, 7) is 1.81. The monoisotopic (exact) mass is 201 g/mol. The zero-order valence-corrected chi connectivity index (χ0v) is 8.72. The lowest BCUT2D eigenvalue weighted by Crippen LogP contribution is -2.24. The molecule has 0 spiro atoms. The van der Waals surface area contributed by atoms with Gasteiger partial charge < -0.3 is 10.8 Å². The molecule has 2 nitrogen and oxygen atoms in total. The highest BCUT2D eigenvalue weighted by atomic mass is 16.3. The number of aliphatic hydroxyl groups excluding tert-OH is 1. The van der Waals surface area contributed by atoms with E-state index in [1.165, 1.54) is 0 Å². The molecule has 2 aromatic carbocycles. The van der Waals surface area contributed by atoms with Gasteiger partial charge in [0.05, 0.1) is 6.10 Å². The van der Waals surface area contributed by atoms with Gasteiger partial charge in [-0.3, -0.25) is 0 Å². The van der Waals surface area contributed by atoms with E-state index < -0.39 is 6.10 Å². The molecule has 0 bridgehead atoms. The molecule has 0 aliphatic heterocycles. The van der Waals surface area contributed by atoms with Crippen LogP contribution < -0.4 is 5.73 Å². The van der Waals surface area contributed by atoms with Crippen molar-refractivity contribution in [2.24, 2.45) is 5.73 Å².